The van der Waals surface area contributed by atoms with Crippen molar-refractivity contribution < 1.29 is 38.4 Å². The molecule has 1 N–H and O–H groups in total. The van der Waals surface area contributed by atoms with Gasteiger partial charge >= 0.3 is 5.97 Å². The molecule has 33 heavy (non-hydrogen) atoms. The number of carbonyl (C=O) groups excluding carboxylic acids is 3. The first-order chi connectivity index (χ1) is 15.5. The van der Waals surface area contributed by atoms with Gasteiger partial charge in [0.05, 0.1) is 27.8 Å². The summed E-state index contributed by atoms with van der Waals surface area (Å²) in [6.45, 7) is 5.54. The predicted octanol–water partition coefficient (Wildman–Crippen LogP) is 4.32. The van der Waals surface area contributed by atoms with Gasteiger partial charge in [-0.3, -0.25) is 14.4 Å². The molecule has 1 heterocycles. The van der Waals surface area contributed by atoms with E-state index in [2.05, 4.69) is 0 Å². The minimum absolute atomic E-state index is 0.0235. The van der Waals surface area contributed by atoms with Crippen LogP contribution in [0.5, 0.6) is 17.2 Å². The van der Waals surface area contributed by atoms with Crippen LogP contribution in [-0.2, 0) is 14.3 Å². The molecule has 1 aromatic carbocycles. The zero-order chi connectivity index (χ0) is 24.7. The Morgan fingerprint density at radius 2 is 1.88 bits per heavy atom. The predicted molar refractivity (Wildman–Crippen MR) is 120 cm³/mol. The lowest BCUT2D eigenvalue weighted by molar-refractivity contribution is -0.141. The van der Waals surface area contributed by atoms with E-state index in [0.29, 0.717) is 6.42 Å². The van der Waals surface area contributed by atoms with E-state index < -0.39 is 34.9 Å². The number of fused-ring (bicyclic) bond motifs is 1. The van der Waals surface area contributed by atoms with Crippen LogP contribution in [0.3, 0.4) is 0 Å². The number of halogens is 1. The number of Topliss-reactive ketones (excluding diaryl/α,β-unsaturated/α-hetero) is 2. The van der Waals surface area contributed by atoms with E-state index in [-0.39, 0.29) is 58.0 Å². The van der Waals surface area contributed by atoms with Crippen LogP contribution in [0.4, 0.5) is 0 Å². The Kier molecular flexibility index (Phi) is 6.98. The fourth-order valence-electron chi connectivity index (χ4n) is 4.76. The molecular weight excluding hydrogens is 452 g/mol. The molecule has 1 spiro atoms. The lowest BCUT2D eigenvalue weighted by Crippen LogP contribution is -2.53. The maximum absolute atomic E-state index is 13.8. The van der Waals surface area contributed by atoms with E-state index in [1.165, 1.54) is 27.4 Å². The average Bonchev–Trinajstić information content (AvgIpc) is 3.07. The van der Waals surface area contributed by atoms with Gasteiger partial charge in [-0.2, -0.15) is 0 Å². The maximum atomic E-state index is 13.8. The summed E-state index contributed by atoms with van der Waals surface area (Å²) in [5.74, 6) is -2.67. The molecule has 8 nitrogen and oxygen atoms in total. The van der Waals surface area contributed by atoms with Crippen LogP contribution in [0.2, 0.25) is 5.02 Å². The number of hydrogen-bond acceptors (Lipinski definition) is 8. The summed E-state index contributed by atoms with van der Waals surface area (Å²) in [4.78, 5) is 39.0. The van der Waals surface area contributed by atoms with Crippen molar-refractivity contribution in [2.24, 2.45) is 17.8 Å². The molecule has 0 amide bonds. The van der Waals surface area contributed by atoms with Crippen molar-refractivity contribution in [1.29, 1.82) is 0 Å². The van der Waals surface area contributed by atoms with Gasteiger partial charge in [0.1, 0.15) is 22.1 Å². The molecule has 0 radical (unpaired) electrons. The molecule has 3 unspecified atom stereocenters. The molecule has 0 aromatic heterocycles. The Labute approximate surface area is 197 Å². The highest BCUT2D eigenvalue weighted by molar-refractivity contribution is 6.35. The van der Waals surface area contributed by atoms with Gasteiger partial charge in [-0.05, 0) is 12.3 Å². The first kappa shape index (κ1) is 24.9. The Bertz CT molecular complexity index is 1030. The summed E-state index contributed by atoms with van der Waals surface area (Å²) in [7, 11) is 4.07. The number of ether oxygens (including phenoxy) is 4. The van der Waals surface area contributed by atoms with E-state index >= 15 is 0 Å². The third-order valence-electron chi connectivity index (χ3n) is 6.32. The fourth-order valence-corrected chi connectivity index (χ4v) is 5.02. The van der Waals surface area contributed by atoms with E-state index in [1.807, 2.05) is 13.8 Å². The molecule has 2 aliphatic rings. The zero-order valence-corrected chi connectivity index (χ0v) is 20.4. The fraction of sp³-hybridized carbons (Fsp3) is 0.542. The molecule has 3 atom stereocenters. The Hall–Kier alpha value is -2.74. The number of ketones is 2. The number of hydrogen-bond donors (Lipinski definition) is 1. The van der Waals surface area contributed by atoms with Gasteiger partial charge in [-0.1, -0.05) is 32.4 Å². The van der Waals surface area contributed by atoms with E-state index in [1.54, 1.807) is 6.92 Å². The highest BCUT2D eigenvalue weighted by Crippen LogP contribution is 2.55. The lowest BCUT2D eigenvalue weighted by atomic mass is 9.69. The number of aliphatic hydroxyl groups is 1. The van der Waals surface area contributed by atoms with Crippen molar-refractivity contribution in [3.63, 3.8) is 0 Å². The normalized spacial score (nSPS) is 23.0. The van der Waals surface area contributed by atoms with Crippen LogP contribution < -0.4 is 14.2 Å². The first-order valence-electron chi connectivity index (χ1n) is 10.7. The van der Waals surface area contributed by atoms with Gasteiger partial charge in [-0.25, -0.2) is 0 Å². The summed E-state index contributed by atoms with van der Waals surface area (Å²) >= 11 is 6.45. The average molecular weight is 481 g/mol. The Morgan fingerprint density at radius 3 is 2.42 bits per heavy atom. The highest BCUT2D eigenvalue weighted by Gasteiger charge is 2.61. The number of allylic oxidation sites excluding steroid dienone is 1. The smallest absolute Gasteiger partial charge is 0.306 e. The number of benzene rings is 1. The standard InChI is InChI=1S/C24H29ClO8/c1-11(2)7-13(9-17(27)32-6)18-14(26)8-12(3)24(22(18)28)23(29)19-15(30-4)10-16(31-5)20(25)21(19)33-24/h10-13,28H,7-9H2,1-6H3. The van der Waals surface area contributed by atoms with Gasteiger partial charge in [0.25, 0.3) is 0 Å². The number of carbonyl (C=O) groups is 3. The van der Waals surface area contributed by atoms with Crippen molar-refractivity contribution in [1.82, 2.24) is 0 Å². The summed E-state index contributed by atoms with van der Waals surface area (Å²) in [5.41, 5.74) is -1.76. The summed E-state index contributed by atoms with van der Waals surface area (Å²) < 4.78 is 21.6. The summed E-state index contributed by atoms with van der Waals surface area (Å²) in [6.07, 6.45) is 0.277. The third-order valence-corrected chi connectivity index (χ3v) is 6.67. The minimum atomic E-state index is -1.86. The summed E-state index contributed by atoms with van der Waals surface area (Å²) in [5, 5.41) is 11.6. The van der Waals surface area contributed by atoms with Crippen LogP contribution >= 0.6 is 11.6 Å². The quantitative estimate of drug-likeness (QED) is 0.575. The molecule has 0 saturated heterocycles. The van der Waals surface area contributed by atoms with Crippen LogP contribution in [0.1, 0.15) is 50.4 Å². The molecule has 0 fully saturated rings. The first-order valence-corrected chi connectivity index (χ1v) is 11.1. The lowest BCUT2D eigenvalue weighted by Gasteiger charge is -2.38. The van der Waals surface area contributed by atoms with Crippen LogP contribution in [0, 0.1) is 17.8 Å². The molecule has 9 heteroatoms. The summed E-state index contributed by atoms with van der Waals surface area (Å²) in [6, 6.07) is 1.47. The number of rotatable bonds is 7. The second kappa shape index (κ2) is 9.25. The van der Waals surface area contributed by atoms with Crippen molar-refractivity contribution >= 4 is 29.1 Å². The van der Waals surface area contributed by atoms with Crippen molar-refractivity contribution in [2.45, 2.75) is 45.6 Å². The zero-order valence-electron chi connectivity index (χ0n) is 19.6. The molecule has 0 saturated carbocycles. The second-order valence-electron chi connectivity index (χ2n) is 8.86. The largest absolute Gasteiger partial charge is 0.507 e. The SMILES string of the molecule is COC(=O)CC(CC(C)C)C1=C(O)C2(Oc3c(Cl)c(OC)cc(OC)c3C2=O)C(C)CC1=O. The van der Waals surface area contributed by atoms with Crippen molar-refractivity contribution in [3.05, 3.63) is 28.0 Å². The number of aliphatic hydroxyl groups excluding tert-OH is 1. The van der Waals surface area contributed by atoms with E-state index in [9.17, 15) is 19.5 Å². The molecule has 1 aliphatic heterocycles. The molecule has 180 valence electrons. The van der Waals surface area contributed by atoms with Crippen molar-refractivity contribution in [3.8, 4) is 17.2 Å². The third kappa shape index (κ3) is 3.94. The van der Waals surface area contributed by atoms with Gasteiger partial charge in [-0.15, -0.1) is 0 Å². The van der Waals surface area contributed by atoms with Gasteiger partial charge in [0, 0.05) is 29.9 Å². The van der Waals surface area contributed by atoms with Gasteiger partial charge in [0.15, 0.2) is 17.3 Å². The monoisotopic (exact) mass is 480 g/mol. The van der Waals surface area contributed by atoms with E-state index in [0.717, 1.165) is 0 Å². The van der Waals surface area contributed by atoms with Gasteiger partial charge < -0.3 is 24.1 Å². The minimum Gasteiger partial charge on any atom is -0.507 e. The highest BCUT2D eigenvalue weighted by atomic mass is 35.5. The topological polar surface area (TPSA) is 108 Å². The van der Waals surface area contributed by atoms with Gasteiger partial charge in [0.2, 0.25) is 11.4 Å². The maximum Gasteiger partial charge on any atom is 0.306 e. The molecule has 0 bridgehead atoms. The Morgan fingerprint density at radius 1 is 1.24 bits per heavy atom. The number of methoxy groups -OCH3 is 3. The molecule has 1 aromatic rings. The molecule has 3 rings (SSSR count). The van der Waals surface area contributed by atoms with E-state index in [4.69, 9.17) is 30.5 Å². The van der Waals surface area contributed by atoms with Crippen LogP contribution in [0.15, 0.2) is 17.4 Å². The Balaban J connectivity index is 2.23. The van der Waals surface area contributed by atoms with Crippen LogP contribution in [0.25, 0.3) is 0 Å². The van der Waals surface area contributed by atoms with Crippen LogP contribution in [-0.4, -0.2) is 49.6 Å². The molecule has 1 aliphatic carbocycles. The van der Waals surface area contributed by atoms with Crippen molar-refractivity contribution in [2.75, 3.05) is 21.3 Å². The second-order valence-corrected chi connectivity index (χ2v) is 9.24. The number of esters is 1. The molecular formula is C24H29ClO8.